The van der Waals surface area contributed by atoms with E-state index in [9.17, 15) is 8.42 Å². The molecule has 0 atom stereocenters. The topological polar surface area (TPSA) is 46.2 Å². The Morgan fingerprint density at radius 1 is 1.17 bits per heavy atom. The van der Waals surface area contributed by atoms with Gasteiger partial charge in [0.2, 0.25) is 0 Å². The van der Waals surface area contributed by atoms with Crippen LogP contribution in [0.15, 0.2) is 21.1 Å². The molecule has 0 radical (unpaired) electrons. The van der Waals surface area contributed by atoms with Gasteiger partial charge >= 0.3 is 0 Å². The zero-order valence-corrected chi connectivity index (χ0v) is 14.0. The number of rotatable bonds is 2. The lowest BCUT2D eigenvalue weighted by Crippen LogP contribution is -2.32. The highest BCUT2D eigenvalue weighted by Gasteiger charge is 2.24. The van der Waals surface area contributed by atoms with E-state index in [0.717, 1.165) is 14.6 Å². The van der Waals surface area contributed by atoms with Gasteiger partial charge in [-0.2, -0.15) is 0 Å². The van der Waals surface area contributed by atoms with E-state index >= 15 is 0 Å². The van der Waals surface area contributed by atoms with Crippen LogP contribution in [-0.2, 0) is 9.84 Å². The Kier molecular flexibility index (Phi) is 4.39. The minimum absolute atomic E-state index is 0.226. The first-order valence-corrected chi connectivity index (χ1v) is 9.21. The fourth-order valence-electron chi connectivity index (χ4n) is 2.08. The average molecular weight is 397 g/mol. The maximum absolute atomic E-state index is 11.4. The van der Waals surface area contributed by atoms with Crippen molar-refractivity contribution in [3.63, 3.8) is 0 Å². The summed E-state index contributed by atoms with van der Waals surface area (Å²) in [6.45, 7) is 2.03. The predicted octanol–water partition coefficient (Wildman–Crippen LogP) is 3.51. The average Bonchev–Trinajstić information content (AvgIpc) is 2.25. The van der Waals surface area contributed by atoms with E-state index in [4.69, 9.17) is 0 Å². The summed E-state index contributed by atoms with van der Waals surface area (Å²) < 4.78 is 24.8. The van der Waals surface area contributed by atoms with Crippen molar-refractivity contribution in [2.75, 3.05) is 16.8 Å². The van der Waals surface area contributed by atoms with Crippen LogP contribution in [0.5, 0.6) is 0 Å². The molecule has 1 aromatic rings. The Labute approximate surface area is 125 Å². The highest BCUT2D eigenvalue weighted by molar-refractivity contribution is 9.11. The van der Waals surface area contributed by atoms with Crippen LogP contribution < -0.4 is 5.32 Å². The van der Waals surface area contributed by atoms with Crippen LogP contribution in [0.1, 0.15) is 18.4 Å². The van der Waals surface area contributed by atoms with Crippen LogP contribution in [0.4, 0.5) is 5.69 Å². The van der Waals surface area contributed by atoms with Crippen molar-refractivity contribution < 1.29 is 8.42 Å². The minimum Gasteiger partial charge on any atom is -0.380 e. The van der Waals surface area contributed by atoms with Gasteiger partial charge < -0.3 is 5.32 Å². The zero-order chi connectivity index (χ0) is 13.3. The van der Waals surface area contributed by atoms with E-state index in [1.165, 1.54) is 5.56 Å². The lowest BCUT2D eigenvalue weighted by Gasteiger charge is -2.25. The van der Waals surface area contributed by atoms with Gasteiger partial charge in [-0.15, -0.1) is 0 Å². The lowest BCUT2D eigenvalue weighted by molar-refractivity contribution is 0.559. The molecule has 100 valence electrons. The number of nitrogens with one attached hydrogen (secondary N) is 1. The van der Waals surface area contributed by atoms with Gasteiger partial charge in [-0.3, -0.25) is 0 Å². The van der Waals surface area contributed by atoms with Crippen molar-refractivity contribution in [3.8, 4) is 0 Å². The summed E-state index contributed by atoms with van der Waals surface area (Å²) >= 11 is 7.07. The Bertz CT molecular complexity index is 520. The molecule has 1 aliphatic rings. The SMILES string of the molecule is Cc1cc(Br)c(NC2CCS(=O)(=O)CC2)c(Br)c1. The highest BCUT2D eigenvalue weighted by atomic mass is 79.9. The van der Waals surface area contributed by atoms with Gasteiger partial charge in [-0.25, -0.2) is 8.42 Å². The summed E-state index contributed by atoms with van der Waals surface area (Å²) in [4.78, 5) is 0. The molecule has 0 saturated carbocycles. The molecule has 0 aliphatic carbocycles. The summed E-state index contributed by atoms with van der Waals surface area (Å²) in [7, 11) is -2.80. The molecular formula is C12H15Br2NO2S. The number of benzene rings is 1. The standard InChI is InChI=1S/C12H15Br2NO2S/c1-8-6-10(13)12(11(14)7-8)15-9-2-4-18(16,17)5-3-9/h6-7,9,15H,2-5H2,1H3. The van der Waals surface area contributed by atoms with E-state index in [2.05, 4.69) is 37.2 Å². The Morgan fingerprint density at radius 2 is 1.67 bits per heavy atom. The number of aryl methyl sites for hydroxylation is 1. The van der Waals surface area contributed by atoms with Gasteiger partial charge in [0.05, 0.1) is 17.2 Å². The molecule has 2 rings (SSSR count). The van der Waals surface area contributed by atoms with Crippen LogP contribution in [0, 0.1) is 6.92 Å². The summed E-state index contributed by atoms with van der Waals surface area (Å²) in [5, 5.41) is 3.42. The normalized spacial score (nSPS) is 19.7. The van der Waals surface area contributed by atoms with Gasteiger partial charge in [0.25, 0.3) is 0 Å². The summed E-state index contributed by atoms with van der Waals surface area (Å²) in [5.41, 5.74) is 2.18. The molecule has 18 heavy (non-hydrogen) atoms. The van der Waals surface area contributed by atoms with Gasteiger partial charge in [0.1, 0.15) is 9.84 Å². The van der Waals surface area contributed by atoms with Gasteiger partial charge in [0.15, 0.2) is 0 Å². The molecule has 0 aromatic heterocycles. The molecule has 1 heterocycles. The van der Waals surface area contributed by atoms with E-state index in [0.29, 0.717) is 12.8 Å². The van der Waals surface area contributed by atoms with E-state index in [1.54, 1.807) is 0 Å². The van der Waals surface area contributed by atoms with Crippen molar-refractivity contribution in [2.24, 2.45) is 0 Å². The lowest BCUT2D eigenvalue weighted by atomic mass is 10.1. The quantitative estimate of drug-likeness (QED) is 0.831. The number of hydrogen-bond acceptors (Lipinski definition) is 3. The molecule has 1 saturated heterocycles. The number of halogens is 2. The van der Waals surface area contributed by atoms with E-state index in [1.807, 2.05) is 19.1 Å². The second kappa shape index (κ2) is 5.51. The summed E-state index contributed by atoms with van der Waals surface area (Å²) in [5.74, 6) is 0.567. The van der Waals surface area contributed by atoms with Crippen LogP contribution in [0.25, 0.3) is 0 Å². The molecule has 0 spiro atoms. The second-order valence-electron chi connectivity index (χ2n) is 4.67. The first-order valence-electron chi connectivity index (χ1n) is 5.80. The third-order valence-corrected chi connectivity index (χ3v) is 6.06. The van der Waals surface area contributed by atoms with Crippen molar-refractivity contribution in [1.29, 1.82) is 0 Å². The molecular weight excluding hydrogens is 382 g/mol. The van der Waals surface area contributed by atoms with Gasteiger partial charge in [0, 0.05) is 15.0 Å². The zero-order valence-electron chi connectivity index (χ0n) is 10.0. The number of hydrogen-bond donors (Lipinski definition) is 1. The van der Waals surface area contributed by atoms with E-state index in [-0.39, 0.29) is 17.5 Å². The largest absolute Gasteiger partial charge is 0.380 e. The second-order valence-corrected chi connectivity index (χ2v) is 8.69. The summed E-state index contributed by atoms with van der Waals surface area (Å²) in [6, 6.07) is 4.32. The van der Waals surface area contributed by atoms with E-state index < -0.39 is 9.84 Å². The molecule has 1 aliphatic heterocycles. The summed E-state index contributed by atoms with van der Waals surface area (Å²) in [6.07, 6.45) is 1.35. The third-order valence-electron chi connectivity index (χ3n) is 3.09. The third kappa shape index (κ3) is 3.48. The molecule has 1 aromatic carbocycles. The molecule has 1 N–H and O–H groups in total. The minimum atomic E-state index is -2.80. The monoisotopic (exact) mass is 395 g/mol. The molecule has 0 unspecified atom stereocenters. The first kappa shape index (κ1) is 14.3. The Balaban J connectivity index is 2.11. The van der Waals surface area contributed by atoms with Crippen LogP contribution >= 0.6 is 31.9 Å². The Hall–Kier alpha value is -0.0700. The number of sulfone groups is 1. The molecule has 1 fully saturated rings. The van der Waals surface area contributed by atoms with Crippen LogP contribution in [-0.4, -0.2) is 26.0 Å². The molecule has 3 nitrogen and oxygen atoms in total. The predicted molar refractivity (Wildman–Crippen MR) is 81.9 cm³/mol. The van der Waals surface area contributed by atoms with Crippen molar-refractivity contribution >= 4 is 47.4 Å². The van der Waals surface area contributed by atoms with Crippen LogP contribution in [0.2, 0.25) is 0 Å². The van der Waals surface area contributed by atoms with Gasteiger partial charge in [-0.05, 0) is 69.3 Å². The van der Waals surface area contributed by atoms with Crippen molar-refractivity contribution in [2.45, 2.75) is 25.8 Å². The molecule has 0 amide bonds. The maximum Gasteiger partial charge on any atom is 0.150 e. The fraction of sp³-hybridized carbons (Fsp3) is 0.500. The molecule has 6 heteroatoms. The smallest absolute Gasteiger partial charge is 0.150 e. The van der Waals surface area contributed by atoms with Crippen molar-refractivity contribution in [3.05, 3.63) is 26.6 Å². The number of anilines is 1. The molecule has 0 bridgehead atoms. The van der Waals surface area contributed by atoms with Crippen molar-refractivity contribution in [1.82, 2.24) is 0 Å². The Morgan fingerprint density at radius 3 is 2.17 bits per heavy atom. The maximum atomic E-state index is 11.4. The van der Waals surface area contributed by atoms with Gasteiger partial charge in [-0.1, -0.05) is 0 Å². The van der Waals surface area contributed by atoms with Crippen LogP contribution in [0.3, 0.4) is 0 Å². The first-order chi connectivity index (χ1) is 8.37. The fourth-order valence-corrected chi connectivity index (χ4v) is 5.21. The highest BCUT2D eigenvalue weighted by Crippen LogP contribution is 2.33.